The summed E-state index contributed by atoms with van der Waals surface area (Å²) in [7, 11) is 0. The van der Waals surface area contributed by atoms with Crippen LogP contribution in [0, 0.1) is 0 Å². The van der Waals surface area contributed by atoms with Gasteiger partial charge in [0.2, 0.25) is 0 Å². The monoisotopic (exact) mass is 314 g/mol. The Morgan fingerprint density at radius 1 is 1.17 bits per heavy atom. The van der Waals surface area contributed by atoms with Crippen LogP contribution in [0.25, 0.3) is 10.8 Å². The number of benzene rings is 2. The Balaban J connectivity index is 2.12. The van der Waals surface area contributed by atoms with Gasteiger partial charge >= 0.3 is 6.03 Å². The Morgan fingerprint density at radius 3 is 2.65 bits per heavy atom. The summed E-state index contributed by atoms with van der Waals surface area (Å²) < 4.78 is 0. The highest BCUT2D eigenvalue weighted by atomic mass is 16.3. The first-order valence-corrected chi connectivity index (χ1v) is 8.31. The van der Waals surface area contributed by atoms with Crippen molar-refractivity contribution in [2.24, 2.45) is 0 Å². The van der Waals surface area contributed by atoms with Gasteiger partial charge in [-0.15, -0.1) is 0 Å². The Labute approximate surface area is 138 Å². The molecule has 0 aliphatic carbocycles. The number of hydrogen-bond donors (Lipinski definition) is 2. The number of urea groups is 1. The van der Waals surface area contributed by atoms with Crippen LogP contribution in [-0.4, -0.2) is 35.7 Å². The summed E-state index contributed by atoms with van der Waals surface area (Å²) in [6.45, 7) is 5.11. The van der Waals surface area contributed by atoms with E-state index in [1.54, 1.807) is 4.90 Å². The zero-order valence-corrected chi connectivity index (χ0v) is 14.0. The van der Waals surface area contributed by atoms with Crippen LogP contribution in [0.15, 0.2) is 42.5 Å². The first-order valence-electron chi connectivity index (χ1n) is 8.31. The van der Waals surface area contributed by atoms with Crippen molar-refractivity contribution in [3.8, 4) is 0 Å². The van der Waals surface area contributed by atoms with Gasteiger partial charge in [0.05, 0.1) is 12.6 Å². The molecule has 2 aromatic carbocycles. The van der Waals surface area contributed by atoms with Crippen molar-refractivity contribution in [3.63, 3.8) is 0 Å². The molecule has 4 heteroatoms. The van der Waals surface area contributed by atoms with Crippen molar-refractivity contribution in [2.45, 2.75) is 32.7 Å². The topological polar surface area (TPSA) is 52.6 Å². The molecule has 0 aliphatic heterocycles. The Kier molecular flexibility index (Phi) is 6.41. The molecule has 124 valence electrons. The molecule has 0 aromatic heterocycles. The van der Waals surface area contributed by atoms with Gasteiger partial charge in [0.1, 0.15) is 0 Å². The Hall–Kier alpha value is -2.07. The molecule has 1 unspecified atom stereocenters. The molecule has 0 saturated heterocycles. The molecule has 2 aromatic rings. The van der Waals surface area contributed by atoms with E-state index < -0.39 is 0 Å². The van der Waals surface area contributed by atoms with E-state index in [9.17, 15) is 4.79 Å². The maximum atomic E-state index is 12.5. The zero-order chi connectivity index (χ0) is 16.7. The molecule has 0 radical (unpaired) electrons. The number of carbonyl (C=O) groups excluding carboxylic acids is 1. The number of carbonyl (C=O) groups is 1. The van der Waals surface area contributed by atoms with Crippen molar-refractivity contribution in [1.29, 1.82) is 0 Å². The number of rotatable bonds is 7. The predicted molar refractivity (Wildman–Crippen MR) is 94.5 cm³/mol. The van der Waals surface area contributed by atoms with Gasteiger partial charge in [-0.05, 0) is 29.7 Å². The molecule has 23 heavy (non-hydrogen) atoms. The van der Waals surface area contributed by atoms with E-state index in [1.807, 2.05) is 25.1 Å². The molecule has 2 N–H and O–H groups in total. The highest BCUT2D eigenvalue weighted by Gasteiger charge is 2.17. The van der Waals surface area contributed by atoms with Crippen LogP contribution in [0.2, 0.25) is 0 Å². The third-order valence-electron chi connectivity index (χ3n) is 4.07. The fourth-order valence-corrected chi connectivity index (χ4v) is 2.77. The van der Waals surface area contributed by atoms with E-state index in [2.05, 4.69) is 36.5 Å². The van der Waals surface area contributed by atoms with E-state index in [1.165, 1.54) is 5.39 Å². The van der Waals surface area contributed by atoms with Crippen LogP contribution in [0.3, 0.4) is 0 Å². The number of fused-ring (bicyclic) bond motifs is 1. The van der Waals surface area contributed by atoms with Crippen LogP contribution in [0.4, 0.5) is 4.79 Å². The van der Waals surface area contributed by atoms with Gasteiger partial charge in [-0.3, -0.25) is 0 Å². The number of nitrogens with one attached hydrogen (secondary N) is 1. The Bertz CT molecular complexity index is 637. The molecule has 2 amide bonds. The van der Waals surface area contributed by atoms with Gasteiger partial charge in [-0.25, -0.2) is 4.79 Å². The minimum atomic E-state index is -0.118. The van der Waals surface area contributed by atoms with Crippen molar-refractivity contribution in [2.75, 3.05) is 19.7 Å². The molecule has 2 rings (SSSR count). The number of aliphatic hydroxyl groups excluding tert-OH is 1. The van der Waals surface area contributed by atoms with Gasteiger partial charge in [-0.1, -0.05) is 55.8 Å². The molecular weight excluding hydrogens is 288 g/mol. The van der Waals surface area contributed by atoms with E-state index in [0.717, 1.165) is 23.8 Å². The first kappa shape index (κ1) is 17.3. The fourth-order valence-electron chi connectivity index (χ4n) is 2.77. The largest absolute Gasteiger partial charge is 0.395 e. The molecule has 4 nitrogen and oxygen atoms in total. The first-order chi connectivity index (χ1) is 11.2. The van der Waals surface area contributed by atoms with Gasteiger partial charge < -0.3 is 15.3 Å². The summed E-state index contributed by atoms with van der Waals surface area (Å²) in [6, 6.07) is 14.1. The predicted octanol–water partition coefficient (Wildman–Crippen LogP) is 3.70. The third-order valence-corrected chi connectivity index (χ3v) is 4.07. The average Bonchev–Trinajstić information content (AvgIpc) is 2.57. The molecule has 1 atom stereocenters. The van der Waals surface area contributed by atoms with Crippen molar-refractivity contribution < 1.29 is 9.90 Å². The molecule has 0 spiro atoms. The average molecular weight is 314 g/mol. The van der Waals surface area contributed by atoms with Gasteiger partial charge in [-0.2, -0.15) is 0 Å². The summed E-state index contributed by atoms with van der Waals surface area (Å²) in [5, 5.41) is 14.5. The lowest BCUT2D eigenvalue weighted by molar-refractivity contribution is 0.173. The highest BCUT2D eigenvalue weighted by molar-refractivity contribution is 5.86. The summed E-state index contributed by atoms with van der Waals surface area (Å²) in [6.07, 6.45) is 1.96. The quantitative estimate of drug-likeness (QED) is 0.818. The second-order valence-electron chi connectivity index (χ2n) is 5.80. The van der Waals surface area contributed by atoms with Crippen LogP contribution >= 0.6 is 0 Å². The van der Waals surface area contributed by atoms with Gasteiger partial charge in [0.15, 0.2) is 0 Å². The van der Waals surface area contributed by atoms with Crippen LogP contribution in [-0.2, 0) is 0 Å². The van der Waals surface area contributed by atoms with E-state index >= 15 is 0 Å². The molecular formula is C19H26N2O2. The van der Waals surface area contributed by atoms with E-state index in [-0.39, 0.29) is 18.7 Å². The van der Waals surface area contributed by atoms with E-state index in [4.69, 9.17) is 5.11 Å². The number of aliphatic hydroxyl groups is 1. The van der Waals surface area contributed by atoms with Crippen molar-refractivity contribution >= 4 is 16.8 Å². The fraction of sp³-hybridized carbons (Fsp3) is 0.421. The van der Waals surface area contributed by atoms with Gasteiger partial charge in [0, 0.05) is 13.1 Å². The second kappa shape index (κ2) is 8.53. The lowest BCUT2D eigenvalue weighted by atomic mass is 10.00. The minimum absolute atomic E-state index is 0.0141. The van der Waals surface area contributed by atoms with Crippen molar-refractivity contribution in [1.82, 2.24) is 10.2 Å². The smallest absolute Gasteiger partial charge is 0.317 e. The number of unbranched alkanes of at least 4 members (excludes halogenated alkanes) is 1. The lowest BCUT2D eigenvalue weighted by Gasteiger charge is -2.25. The third kappa shape index (κ3) is 4.45. The van der Waals surface area contributed by atoms with Crippen LogP contribution in [0.5, 0.6) is 0 Å². The molecule has 0 heterocycles. The maximum absolute atomic E-state index is 12.5. The maximum Gasteiger partial charge on any atom is 0.317 e. The summed E-state index contributed by atoms with van der Waals surface area (Å²) in [5.41, 5.74) is 1.11. The van der Waals surface area contributed by atoms with Crippen LogP contribution < -0.4 is 5.32 Å². The zero-order valence-electron chi connectivity index (χ0n) is 14.0. The standard InChI is InChI=1S/C19H26N2O2/c1-3-4-12-21(13-14-22)19(23)20-15(2)17-11-7-9-16-8-5-6-10-18(16)17/h5-11,15,22H,3-4,12-14H2,1-2H3,(H,20,23). The number of hydrogen-bond acceptors (Lipinski definition) is 2. The lowest BCUT2D eigenvalue weighted by Crippen LogP contribution is -2.43. The molecule has 0 fully saturated rings. The molecule has 0 saturated carbocycles. The summed E-state index contributed by atoms with van der Waals surface area (Å²) >= 11 is 0. The molecule has 0 aliphatic rings. The van der Waals surface area contributed by atoms with Crippen LogP contribution in [0.1, 0.15) is 38.3 Å². The molecule has 0 bridgehead atoms. The number of amides is 2. The SMILES string of the molecule is CCCCN(CCO)C(=O)NC(C)c1cccc2ccccc12. The van der Waals surface area contributed by atoms with Gasteiger partial charge in [0.25, 0.3) is 0 Å². The number of nitrogens with zero attached hydrogens (tertiary/aromatic N) is 1. The second-order valence-corrected chi connectivity index (χ2v) is 5.80. The van der Waals surface area contributed by atoms with Crippen molar-refractivity contribution in [3.05, 3.63) is 48.0 Å². The summed E-state index contributed by atoms with van der Waals surface area (Å²) in [5.74, 6) is 0. The van der Waals surface area contributed by atoms with E-state index in [0.29, 0.717) is 13.1 Å². The highest BCUT2D eigenvalue weighted by Crippen LogP contribution is 2.24. The summed E-state index contributed by atoms with van der Waals surface area (Å²) in [4.78, 5) is 14.1. The normalized spacial score (nSPS) is 12.1. The minimum Gasteiger partial charge on any atom is -0.395 e. The Morgan fingerprint density at radius 2 is 1.91 bits per heavy atom.